The van der Waals surface area contributed by atoms with Crippen molar-refractivity contribution in [3.63, 3.8) is 0 Å². The number of esters is 1. The van der Waals surface area contributed by atoms with Crippen LogP contribution in [0.15, 0.2) is 47.2 Å². The minimum Gasteiger partial charge on any atom is -0.458 e. The molecule has 3 aliphatic rings. The Morgan fingerprint density at radius 2 is 2.11 bits per heavy atom. The molecule has 0 spiro atoms. The average molecular weight is 383 g/mol. The normalized spacial score (nSPS) is 29.9. The van der Waals surface area contributed by atoms with Gasteiger partial charge in [0.05, 0.1) is 12.3 Å². The van der Waals surface area contributed by atoms with Crippen molar-refractivity contribution in [3.05, 3.63) is 58.4 Å². The Bertz CT molecular complexity index is 887. The van der Waals surface area contributed by atoms with E-state index in [0.29, 0.717) is 17.6 Å². The SMILES string of the molecule is CCCC(=O)N1C(O)/C(=C/OC2OC(=O)C(C)=C2C)C2Cc3ccccc3C21. The molecule has 2 heterocycles. The molecule has 0 bridgehead atoms. The molecule has 4 rings (SSSR count). The second kappa shape index (κ2) is 7.09. The molecule has 6 heteroatoms. The third-order valence-electron chi connectivity index (χ3n) is 6.03. The molecular formula is C22H25NO5. The van der Waals surface area contributed by atoms with Crippen molar-refractivity contribution in [1.29, 1.82) is 0 Å². The molecule has 4 unspecified atom stereocenters. The monoisotopic (exact) mass is 383 g/mol. The number of benzene rings is 1. The van der Waals surface area contributed by atoms with Crippen LogP contribution >= 0.6 is 0 Å². The molecule has 148 valence electrons. The van der Waals surface area contributed by atoms with Crippen LogP contribution in [-0.2, 0) is 25.5 Å². The van der Waals surface area contributed by atoms with Crippen LogP contribution < -0.4 is 0 Å². The predicted molar refractivity (Wildman–Crippen MR) is 102 cm³/mol. The van der Waals surface area contributed by atoms with E-state index < -0.39 is 18.5 Å². The summed E-state index contributed by atoms with van der Waals surface area (Å²) >= 11 is 0. The van der Waals surface area contributed by atoms with Crippen LogP contribution in [-0.4, -0.2) is 34.4 Å². The zero-order valence-corrected chi connectivity index (χ0v) is 16.3. The zero-order chi connectivity index (χ0) is 20.0. The third kappa shape index (κ3) is 2.83. The van der Waals surface area contributed by atoms with Crippen LogP contribution in [0.5, 0.6) is 0 Å². The minimum atomic E-state index is -1.04. The van der Waals surface area contributed by atoms with Crippen LogP contribution in [0.2, 0.25) is 0 Å². The smallest absolute Gasteiger partial charge is 0.337 e. The van der Waals surface area contributed by atoms with E-state index in [1.54, 1.807) is 18.7 Å². The Kier molecular flexibility index (Phi) is 4.75. The zero-order valence-electron chi connectivity index (χ0n) is 16.3. The fourth-order valence-electron chi connectivity index (χ4n) is 4.39. The number of carbonyl (C=O) groups is 2. The van der Waals surface area contributed by atoms with Crippen LogP contribution in [0.25, 0.3) is 0 Å². The molecule has 6 nitrogen and oxygen atoms in total. The number of amides is 1. The Hall–Kier alpha value is -2.60. The van der Waals surface area contributed by atoms with E-state index in [1.807, 2.05) is 25.1 Å². The lowest BCUT2D eigenvalue weighted by atomic mass is 9.97. The number of aliphatic hydroxyl groups excluding tert-OH is 1. The number of aliphatic hydroxyl groups is 1. The first-order chi connectivity index (χ1) is 13.4. The van der Waals surface area contributed by atoms with Crippen molar-refractivity contribution in [2.24, 2.45) is 5.92 Å². The van der Waals surface area contributed by atoms with Gasteiger partial charge in [-0.25, -0.2) is 4.79 Å². The highest BCUT2D eigenvalue weighted by molar-refractivity contribution is 5.91. The summed E-state index contributed by atoms with van der Waals surface area (Å²) in [5.74, 6) is -0.501. The number of likely N-dealkylation sites (tertiary alicyclic amines) is 1. The summed E-state index contributed by atoms with van der Waals surface area (Å²) in [5, 5.41) is 11.0. The summed E-state index contributed by atoms with van der Waals surface area (Å²) in [6, 6.07) is 7.85. The van der Waals surface area contributed by atoms with Gasteiger partial charge in [-0.2, -0.15) is 0 Å². The van der Waals surface area contributed by atoms with E-state index in [2.05, 4.69) is 6.07 Å². The number of hydrogen-bond acceptors (Lipinski definition) is 5. The fraction of sp³-hybridized carbons (Fsp3) is 0.455. The summed E-state index contributed by atoms with van der Waals surface area (Å²) in [4.78, 5) is 26.1. The van der Waals surface area contributed by atoms with Gasteiger partial charge in [0.1, 0.15) is 0 Å². The van der Waals surface area contributed by atoms with Gasteiger partial charge in [0.15, 0.2) is 6.23 Å². The van der Waals surface area contributed by atoms with E-state index >= 15 is 0 Å². The van der Waals surface area contributed by atoms with Crippen molar-refractivity contribution in [2.75, 3.05) is 0 Å². The summed E-state index contributed by atoms with van der Waals surface area (Å²) in [5.41, 5.74) is 4.18. The molecule has 1 aromatic carbocycles. The first-order valence-corrected chi connectivity index (χ1v) is 9.74. The van der Waals surface area contributed by atoms with Gasteiger partial charge in [0.25, 0.3) is 6.29 Å². The second-order valence-corrected chi connectivity index (χ2v) is 7.68. The first kappa shape index (κ1) is 18.7. The van der Waals surface area contributed by atoms with Gasteiger partial charge >= 0.3 is 5.97 Å². The molecule has 1 N–H and O–H groups in total. The van der Waals surface area contributed by atoms with Crippen molar-refractivity contribution in [1.82, 2.24) is 4.90 Å². The van der Waals surface area contributed by atoms with Crippen molar-refractivity contribution in [3.8, 4) is 0 Å². The van der Waals surface area contributed by atoms with E-state index in [4.69, 9.17) is 9.47 Å². The maximum absolute atomic E-state index is 12.8. The molecule has 1 saturated heterocycles. The Morgan fingerprint density at radius 3 is 2.79 bits per heavy atom. The Balaban J connectivity index is 1.66. The number of fused-ring (bicyclic) bond motifs is 3. The highest BCUT2D eigenvalue weighted by Gasteiger charge is 2.51. The number of hydrogen-bond donors (Lipinski definition) is 1. The van der Waals surface area contributed by atoms with E-state index in [1.165, 1.54) is 11.8 Å². The lowest BCUT2D eigenvalue weighted by Gasteiger charge is -2.27. The molecule has 28 heavy (non-hydrogen) atoms. The largest absolute Gasteiger partial charge is 0.458 e. The number of carbonyl (C=O) groups excluding carboxylic acids is 2. The van der Waals surface area contributed by atoms with E-state index in [-0.39, 0.29) is 17.9 Å². The fourth-order valence-corrected chi connectivity index (χ4v) is 4.39. The Morgan fingerprint density at radius 1 is 1.36 bits per heavy atom. The Labute approximate surface area is 164 Å². The number of cyclic esters (lactones) is 1. The number of rotatable bonds is 4. The number of ether oxygens (including phenoxy) is 2. The maximum Gasteiger partial charge on any atom is 0.337 e. The second-order valence-electron chi connectivity index (χ2n) is 7.68. The topological polar surface area (TPSA) is 76.1 Å². The van der Waals surface area contributed by atoms with Crippen molar-refractivity contribution in [2.45, 2.75) is 58.6 Å². The van der Waals surface area contributed by atoms with Gasteiger partial charge in [-0.15, -0.1) is 0 Å². The lowest BCUT2D eigenvalue weighted by molar-refractivity contribution is -0.153. The highest BCUT2D eigenvalue weighted by Crippen LogP contribution is 2.51. The first-order valence-electron chi connectivity index (χ1n) is 9.74. The van der Waals surface area contributed by atoms with Gasteiger partial charge in [0, 0.05) is 29.1 Å². The average Bonchev–Trinajstić information content (AvgIpc) is 3.25. The molecule has 1 aromatic rings. The molecule has 1 amide bonds. The standard InChI is InChI=1S/C22H25NO5/c1-4-7-18(24)23-19-15-9-6-5-8-14(15)10-16(19)17(20(23)25)11-27-22-13(3)12(2)21(26)28-22/h5-6,8-9,11,16,19-20,22,25H,4,7,10H2,1-3H3/b17-11+. The van der Waals surface area contributed by atoms with Gasteiger partial charge in [-0.3, -0.25) is 4.79 Å². The lowest BCUT2D eigenvalue weighted by Crippen LogP contribution is -2.37. The third-order valence-corrected chi connectivity index (χ3v) is 6.03. The van der Waals surface area contributed by atoms with E-state index in [0.717, 1.165) is 24.0 Å². The molecule has 0 aromatic heterocycles. The minimum absolute atomic E-state index is 0.0457. The van der Waals surface area contributed by atoms with Crippen LogP contribution in [0, 0.1) is 5.92 Å². The van der Waals surface area contributed by atoms with Gasteiger partial charge < -0.3 is 19.5 Å². The molecule has 1 fully saturated rings. The van der Waals surface area contributed by atoms with Gasteiger partial charge in [-0.1, -0.05) is 31.2 Å². The quantitative estimate of drug-likeness (QED) is 0.639. The number of nitrogens with zero attached hydrogens (tertiary/aromatic N) is 1. The van der Waals surface area contributed by atoms with Crippen molar-refractivity contribution >= 4 is 11.9 Å². The highest BCUT2D eigenvalue weighted by atomic mass is 16.7. The summed E-state index contributed by atoms with van der Waals surface area (Å²) < 4.78 is 11.0. The van der Waals surface area contributed by atoms with Crippen molar-refractivity contribution < 1.29 is 24.2 Å². The van der Waals surface area contributed by atoms with Crippen LogP contribution in [0.3, 0.4) is 0 Å². The van der Waals surface area contributed by atoms with Gasteiger partial charge in [0.2, 0.25) is 5.91 Å². The van der Waals surface area contributed by atoms with Gasteiger partial charge in [-0.05, 0) is 37.8 Å². The molecule has 1 aliphatic carbocycles. The maximum atomic E-state index is 12.8. The predicted octanol–water partition coefficient (Wildman–Crippen LogP) is 2.98. The summed E-state index contributed by atoms with van der Waals surface area (Å²) in [6.45, 7) is 5.44. The molecule has 0 saturated carbocycles. The van der Waals surface area contributed by atoms with E-state index in [9.17, 15) is 14.7 Å². The molecule has 4 atom stereocenters. The molecular weight excluding hydrogens is 358 g/mol. The van der Waals surface area contributed by atoms with Crippen LogP contribution in [0.1, 0.15) is 50.8 Å². The molecule has 0 radical (unpaired) electrons. The summed E-state index contributed by atoms with van der Waals surface area (Å²) in [7, 11) is 0. The van der Waals surface area contributed by atoms with Crippen LogP contribution in [0.4, 0.5) is 0 Å². The molecule has 2 aliphatic heterocycles. The summed E-state index contributed by atoms with van der Waals surface area (Å²) in [6.07, 6.45) is 1.52.